The highest BCUT2D eigenvalue weighted by Crippen LogP contribution is 2.26. The van der Waals surface area contributed by atoms with Crippen LogP contribution in [0.1, 0.15) is 11.1 Å². The van der Waals surface area contributed by atoms with E-state index < -0.39 is 0 Å². The number of benzene rings is 1. The number of nitrogens with zero attached hydrogens (tertiary/aromatic N) is 1. The zero-order valence-electron chi connectivity index (χ0n) is 9.67. The van der Waals surface area contributed by atoms with Gasteiger partial charge in [-0.2, -0.15) is 0 Å². The molecule has 2 rings (SSSR count). The van der Waals surface area contributed by atoms with Gasteiger partial charge in [0.1, 0.15) is 0 Å². The highest BCUT2D eigenvalue weighted by atomic mass is 79.9. The molecule has 18 heavy (non-hydrogen) atoms. The zero-order valence-corrected chi connectivity index (χ0v) is 12.8. The van der Waals surface area contributed by atoms with Crippen molar-refractivity contribution in [2.75, 3.05) is 5.32 Å². The van der Waals surface area contributed by atoms with E-state index in [4.69, 9.17) is 23.2 Å². The van der Waals surface area contributed by atoms with E-state index in [0.29, 0.717) is 16.7 Å². The first-order valence-corrected chi connectivity index (χ1v) is 6.91. The van der Waals surface area contributed by atoms with Crippen LogP contribution in [0.4, 0.5) is 5.69 Å². The van der Waals surface area contributed by atoms with Crippen LogP contribution in [0.5, 0.6) is 0 Å². The molecular formula is C13H11BrCl2N2. The maximum atomic E-state index is 6.05. The monoisotopic (exact) mass is 344 g/mol. The second kappa shape index (κ2) is 5.91. The second-order valence-electron chi connectivity index (χ2n) is 3.90. The minimum absolute atomic E-state index is 0.484. The Labute approximate surface area is 124 Å². The number of aryl methyl sites for hydroxylation is 1. The Bertz CT molecular complexity index is 553. The third kappa shape index (κ3) is 3.16. The minimum atomic E-state index is 0.484. The van der Waals surface area contributed by atoms with Crippen molar-refractivity contribution in [2.24, 2.45) is 0 Å². The first-order chi connectivity index (χ1) is 8.58. The summed E-state index contributed by atoms with van der Waals surface area (Å²) in [5.74, 6) is 0. The highest BCUT2D eigenvalue weighted by Gasteiger charge is 2.05. The number of aromatic nitrogens is 1. The average Bonchev–Trinajstić information content (AvgIpc) is 2.33. The van der Waals surface area contributed by atoms with Crippen LogP contribution in [0.2, 0.25) is 10.2 Å². The molecule has 2 nitrogen and oxygen atoms in total. The lowest BCUT2D eigenvalue weighted by Gasteiger charge is -2.11. The number of rotatable bonds is 3. The number of nitrogens with one attached hydrogen (secondary N) is 1. The summed E-state index contributed by atoms with van der Waals surface area (Å²) in [6.07, 6.45) is 1.69. The average molecular weight is 346 g/mol. The molecule has 0 bridgehead atoms. The summed E-state index contributed by atoms with van der Waals surface area (Å²) in [5.41, 5.74) is 3.01. The molecule has 2 aromatic rings. The lowest BCUT2D eigenvalue weighted by molar-refractivity contribution is 1.12. The van der Waals surface area contributed by atoms with Crippen molar-refractivity contribution in [1.29, 1.82) is 0 Å². The van der Waals surface area contributed by atoms with Gasteiger partial charge in [0, 0.05) is 17.2 Å². The van der Waals surface area contributed by atoms with Crippen molar-refractivity contribution in [2.45, 2.75) is 13.5 Å². The smallest absolute Gasteiger partial charge is 0.152 e. The van der Waals surface area contributed by atoms with E-state index >= 15 is 0 Å². The van der Waals surface area contributed by atoms with Gasteiger partial charge in [-0.3, -0.25) is 0 Å². The number of halogens is 3. The van der Waals surface area contributed by atoms with Gasteiger partial charge in [-0.05, 0) is 52.2 Å². The zero-order chi connectivity index (χ0) is 13.1. The molecular weight excluding hydrogens is 335 g/mol. The van der Waals surface area contributed by atoms with E-state index in [0.717, 1.165) is 21.3 Å². The van der Waals surface area contributed by atoms with Gasteiger partial charge in [-0.25, -0.2) is 4.98 Å². The van der Waals surface area contributed by atoms with E-state index in [1.165, 1.54) is 0 Å². The quantitative estimate of drug-likeness (QED) is 0.785. The maximum absolute atomic E-state index is 6.05. The third-order valence-corrected chi connectivity index (χ3v) is 4.09. The Morgan fingerprint density at radius 1 is 1.28 bits per heavy atom. The maximum Gasteiger partial charge on any atom is 0.152 e. The largest absolute Gasteiger partial charge is 0.378 e. The molecule has 0 saturated heterocycles. The molecule has 0 saturated carbocycles. The predicted molar refractivity (Wildman–Crippen MR) is 80.5 cm³/mol. The predicted octanol–water partition coefficient (Wildman–Crippen LogP) is 5.07. The molecule has 0 unspecified atom stereocenters. The van der Waals surface area contributed by atoms with Gasteiger partial charge in [0.2, 0.25) is 0 Å². The van der Waals surface area contributed by atoms with Crippen molar-refractivity contribution in [1.82, 2.24) is 4.98 Å². The fraction of sp³-hybridized carbons (Fsp3) is 0.154. The summed E-state index contributed by atoms with van der Waals surface area (Å²) in [6.45, 7) is 2.64. The van der Waals surface area contributed by atoms with Crippen LogP contribution < -0.4 is 5.32 Å². The molecule has 0 aliphatic carbocycles. The van der Waals surface area contributed by atoms with Crippen LogP contribution in [-0.4, -0.2) is 4.98 Å². The Hall–Kier alpha value is -0.770. The molecule has 1 N–H and O–H groups in total. The minimum Gasteiger partial charge on any atom is -0.378 e. The topological polar surface area (TPSA) is 24.9 Å². The molecule has 0 atom stereocenters. The first kappa shape index (κ1) is 13.7. The van der Waals surface area contributed by atoms with E-state index in [1.807, 2.05) is 31.2 Å². The molecule has 0 aliphatic heterocycles. The van der Waals surface area contributed by atoms with Crippen LogP contribution in [0.25, 0.3) is 0 Å². The fourth-order valence-corrected chi connectivity index (χ4v) is 2.30. The molecule has 1 heterocycles. The molecule has 0 spiro atoms. The van der Waals surface area contributed by atoms with Crippen LogP contribution in [0.3, 0.4) is 0 Å². The van der Waals surface area contributed by atoms with Crippen LogP contribution in [0, 0.1) is 6.92 Å². The Balaban J connectivity index is 2.14. The Kier molecular flexibility index (Phi) is 4.49. The van der Waals surface area contributed by atoms with Gasteiger partial charge in [0.05, 0.1) is 10.7 Å². The Morgan fingerprint density at radius 2 is 2.06 bits per heavy atom. The van der Waals surface area contributed by atoms with Gasteiger partial charge in [0.25, 0.3) is 0 Å². The summed E-state index contributed by atoms with van der Waals surface area (Å²) in [6, 6.07) is 7.76. The van der Waals surface area contributed by atoms with E-state index in [1.54, 1.807) is 6.20 Å². The normalized spacial score (nSPS) is 10.4. The van der Waals surface area contributed by atoms with Crippen molar-refractivity contribution in [3.8, 4) is 0 Å². The number of hydrogen-bond donors (Lipinski definition) is 1. The number of hydrogen-bond acceptors (Lipinski definition) is 2. The van der Waals surface area contributed by atoms with Crippen molar-refractivity contribution in [3.05, 3.63) is 56.2 Å². The summed E-state index contributed by atoms with van der Waals surface area (Å²) in [5, 5.41) is 4.46. The van der Waals surface area contributed by atoms with E-state index in [2.05, 4.69) is 26.2 Å². The summed E-state index contributed by atoms with van der Waals surface area (Å²) >= 11 is 15.5. The second-order valence-corrected chi connectivity index (χ2v) is 5.52. The standard InChI is InChI=1S/C13H11BrCl2N2/c1-8-4-5-17-13(16)12(8)18-7-9-2-3-10(14)11(15)6-9/h2-6,18H,7H2,1H3. The van der Waals surface area contributed by atoms with Crippen LogP contribution in [0.15, 0.2) is 34.9 Å². The molecule has 5 heteroatoms. The molecule has 94 valence electrons. The number of pyridine rings is 1. The van der Waals surface area contributed by atoms with Gasteiger partial charge < -0.3 is 5.32 Å². The molecule has 0 aliphatic rings. The molecule has 0 amide bonds. The Morgan fingerprint density at radius 3 is 2.72 bits per heavy atom. The number of anilines is 1. The molecule has 1 aromatic heterocycles. The fourth-order valence-electron chi connectivity index (χ4n) is 1.58. The van der Waals surface area contributed by atoms with Crippen molar-refractivity contribution < 1.29 is 0 Å². The first-order valence-electron chi connectivity index (χ1n) is 5.37. The summed E-state index contributed by atoms with van der Waals surface area (Å²) < 4.78 is 0.892. The molecule has 1 aromatic carbocycles. The lowest BCUT2D eigenvalue weighted by Crippen LogP contribution is -2.02. The van der Waals surface area contributed by atoms with E-state index in [-0.39, 0.29) is 0 Å². The van der Waals surface area contributed by atoms with E-state index in [9.17, 15) is 0 Å². The summed E-state index contributed by atoms with van der Waals surface area (Å²) in [4.78, 5) is 4.05. The summed E-state index contributed by atoms with van der Waals surface area (Å²) in [7, 11) is 0. The van der Waals surface area contributed by atoms with Crippen molar-refractivity contribution in [3.63, 3.8) is 0 Å². The van der Waals surface area contributed by atoms with Gasteiger partial charge >= 0.3 is 0 Å². The SMILES string of the molecule is Cc1ccnc(Cl)c1NCc1ccc(Br)c(Cl)c1. The molecule has 0 fully saturated rings. The third-order valence-electron chi connectivity index (χ3n) is 2.57. The van der Waals surface area contributed by atoms with Gasteiger partial charge in [-0.1, -0.05) is 29.3 Å². The van der Waals surface area contributed by atoms with Crippen LogP contribution in [-0.2, 0) is 6.54 Å². The van der Waals surface area contributed by atoms with Crippen LogP contribution >= 0.6 is 39.1 Å². The van der Waals surface area contributed by atoms with Crippen molar-refractivity contribution >= 4 is 44.8 Å². The van der Waals surface area contributed by atoms with Gasteiger partial charge in [-0.15, -0.1) is 0 Å². The lowest BCUT2D eigenvalue weighted by atomic mass is 10.2. The molecule has 0 radical (unpaired) electrons. The highest BCUT2D eigenvalue weighted by molar-refractivity contribution is 9.10. The van der Waals surface area contributed by atoms with Gasteiger partial charge in [0.15, 0.2) is 5.15 Å².